The minimum absolute atomic E-state index is 0.0105. The summed E-state index contributed by atoms with van der Waals surface area (Å²) < 4.78 is 0. The summed E-state index contributed by atoms with van der Waals surface area (Å²) >= 11 is 3.30. The van der Waals surface area contributed by atoms with Crippen molar-refractivity contribution in [2.24, 2.45) is 0 Å². The van der Waals surface area contributed by atoms with Crippen molar-refractivity contribution in [2.75, 3.05) is 5.32 Å². The van der Waals surface area contributed by atoms with E-state index in [1.165, 1.54) is 5.56 Å². The minimum Gasteiger partial charge on any atom is -0.325 e. The first-order chi connectivity index (χ1) is 6.63. The first-order valence-corrected chi connectivity index (χ1v) is 5.56. The second-order valence-corrected chi connectivity index (χ2v) is 4.34. The molecule has 0 aliphatic heterocycles. The standard InChI is InChI=1S/C11H14BrNO/c1-3-10(12)11(14)13-9-6-4-8(2)5-7-9/h4-7,10H,3H2,1-2H3,(H,13,14). The number of alkyl halides is 1. The van der Waals surface area contributed by atoms with Crippen LogP contribution < -0.4 is 5.32 Å². The van der Waals surface area contributed by atoms with Crippen molar-refractivity contribution >= 4 is 27.5 Å². The Morgan fingerprint density at radius 2 is 2.00 bits per heavy atom. The van der Waals surface area contributed by atoms with Crippen LogP contribution in [0.15, 0.2) is 24.3 Å². The summed E-state index contributed by atoms with van der Waals surface area (Å²) in [7, 11) is 0. The third kappa shape index (κ3) is 3.14. The Morgan fingerprint density at radius 3 is 2.50 bits per heavy atom. The van der Waals surface area contributed by atoms with Crippen molar-refractivity contribution in [1.29, 1.82) is 0 Å². The molecule has 0 heterocycles. The average molecular weight is 256 g/mol. The van der Waals surface area contributed by atoms with Gasteiger partial charge in [0.2, 0.25) is 5.91 Å². The Morgan fingerprint density at radius 1 is 1.43 bits per heavy atom. The molecular formula is C11H14BrNO. The van der Waals surface area contributed by atoms with Crippen molar-refractivity contribution < 1.29 is 4.79 Å². The summed E-state index contributed by atoms with van der Waals surface area (Å²) in [5.74, 6) is 0.0105. The number of hydrogen-bond acceptors (Lipinski definition) is 1. The number of carbonyl (C=O) groups excluding carboxylic acids is 1. The number of anilines is 1. The first kappa shape index (κ1) is 11.2. The van der Waals surface area contributed by atoms with E-state index in [-0.39, 0.29) is 10.7 Å². The van der Waals surface area contributed by atoms with E-state index < -0.39 is 0 Å². The number of nitrogens with one attached hydrogen (secondary N) is 1. The number of carbonyl (C=O) groups is 1. The van der Waals surface area contributed by atoms with Crippen LogP contribution in [0.25, 0.3) is 0 Å². The van der Waals surface area contributed by atoms with E-state index in [2.05, 4.69) is 21.2 Å². The molecule has 1 aromatic rings. The smallest absolute Gasteiger partial charge is 0.238 e. The lowest BCUT2D eigenvalue weighted by molar-refractivity contribution is -0.115. The molecule has 0 saturated carbocycles. The molecule has 76 valence electrons. The molecule has 14 heavy (non-hydrogen) atoms. The van der Waals surface area contributed by atoms with Gasteiger partial charge < -0.3 is 5.32 Å². The molecular weight excluding hydrogens is 242 g/mol. The third-order valence-electron chi connectivity index (χ3n) is 1.96. The van der Waals surface area contributed by atoms with Gasteiger partial charge in [-0.1, -0.05) is 40.5 Å². The maximum absolute atomic E-state index is 11.5. The zero-order chi connectivity index (χ0) is 10.6. The van der Waals surface area contributed by atoms with Crippen LogP contribution in [0.2, 0.25) is 0 Å². The molecule has 0 aliphatic carbocycles. The number of halogens is 1. The van der Waals surface area contributed by atoms with E-state index in [0.717, 1.165) is 12.1 Å². The van der Waals surface area contributed by atoms with Gasteiger partial charge in [0.25, 0.3) is 0 Å². The second kappa shape index (κ2) is 5.15. The molecule has 1 N–H and O–H groups in total. The van der Waals surface area contributed by atoms with Gasteiger partial charge in [-0.05, 0) is 25.5 Å². The van der Waals surface area contributed by atoms with E-state index in [0.29, 0.717) is 0 Å². The fraction of sp³-hybridized carbons (Fsp3) is 0.364. The number of amides is 1. The van der Waals surface area contributed by atoms with Gasteiger partial charge >= 0.3 is 0 Å². The molecule has 1 rings (SSSR count). The average Bonchev–Trinajstić information content (AvgIpc) is 2.20. The van der Waals surface area contributed by atoms with Gasteiger partial charge in [0, 0.05) is 5.69 Å². The van der Waals surface area contributed by atoms with Crippen LogP contribution >= 0.6 is 15.9 Å². The van der Waals surface area contributed by atoms with Crippen molar-refractivity contribution in [2.45, 2.75) is 25.1 Å². The van der Waals surface area contributed by atoms with Gasteiger partial charge in [-0.25, -0.2) is 0 Å². The normalized spacial score (nSPS) is 12.2. The summed E-state index contributed by atoms with van der Waals surface area (Å²) in [4.78, 5) is 11.4. The first-order valence-electron chi connectivity index (χ1n) is 4.65. The van der Waals surface area contributed by atoms with Crippen LogP contribution in [0, 0.1) is 6.92 Å². The maximum Gasteiger partial charge on any atom is 0.238 e. The van der Waals surface area contributed by atoms with Crippen molar-refractivity contribution in [3.8, 4) is 0 Å². The van der Waals surface area contributed by atoms with Crippen LogP contribution in [0.4, 0.5) is 5.69 Å². The molecule has 0 spiro atoms. The van der Waals surface area contributed by atoms with Crippen LogP contribution in [0.3, 0.4) is 0 Å². The number of benzene rings is 1. The van der Waals surface area contributed by atoms with Crippen molar-refractivity contribution in [3.05, 3.63) is 29.8 Å². The molecule has 2 nitrogen and oxygen atoms in total. The summed E-state index contributed by atoms with van der Waals surface area (Å²) in [5, 5.41) is 2.83. The van der Waals surface area contributed by atoms with E-state index in [1.54, 1.807) is 0 Å². The number of rotatable bonds is 3. The molecule has 1 unspecified atom stereocenters. The Labute approximate surface area is 92.8 Å². The lowest BCUT2D eigenvalue weighted by Crippen LogP contribution is -2.21. The molecule has 0 aliphatic rings. The molecule has 0 radical (unpaired) electrons. The Balaban J connectivity index is 2.60. The monoisotopic (exact) mass is 255 g/mol. The van der Waals surface area contributed by atoms with Gasteiger partial charge in [0.1, 0.15) is 0 Å². The maximum atomic E-state index is 11.5. The predicted octanol–water partition coefficient (Wildman–Crippen LogP) is 3.11. The number of aryl methyl sites for hydroxylation is 1. The quantitative estimate of drug-likeness (QED) is 0.827. The molecule has 1 amide bonds. The zero-order valence-corrected chi connectivity index (χ0v) is 9.97. The molecule has 0 saturated heterocycles. The second-order valence-electron chi connectivity index (χ2n) is 3.23. The van der Waals surface area contributed by atoms with Gasteiger partial charge in [-0.2, -0.15) is 0 Å². The molecule has 1 aromatic carbocycles. The van der Waals surface area contributed by atoms with Gasteiger partial charge in [-0.3, -0.25) is 4.79 Å². The van der Waals surface area contributed by atoms with Gasteiger partial charge in [0.15, 0.2) is 0 Å². The summed E-state index contributed by atoms with van der Waals surface area (Å²) in [6, 6.07) is 7.76. The molecule has 0 fully saturated rings. The SMILES string of the molecule is CCC(Br)C(=O)Nc1ccc(C)cc1. The minimum atomic E-state index is -0.108. The lowest BCUT2D eigenvalue weighted by Gasteiger charge is -2.08. The highest BCUT2D eigenvalue weighted by Crippen LogP contribution is 2.12. The summed E-state index contributed by atoms with van der Waals surface area (Å²) in [6.45, 7) is 3.99. The van der Waals surface area contributed by atoms with E-state index in [4.69, 9.17) is 0 Å². The largest absolute Gasteiger partial charge is 0.325 e. The Bertz CT molecular complexity index is 308. The van der Waals surface area contributed by atoms with Crippen molar-refractivity contribution in [3.63, 3.8) is 0 Å². The zero-order valence-electron chi connectivity index (χ0n) is 8.38. The fourth-order valence-corrected chi connectivity index (χ4v) is 1.16. The van der Waals surface area contributed by atoms with Crippen LogP contribution in [0.1, 0.15) is 18.9 Å². The van der Waals surface area contributed by atoms with E-state index in [9.17, 15) is 4.79 Å². The fourth-order valence-electron chi connectivity index (χ4n) is 1.04. The van der Waals surface area contributed by atoms with Crippen LogP contribution in [0.5, 0.6) is 0 Å². The number of hydrogen-bond donors (Lipinski definition) is 1. The van der Waals surface area contributed by atoms with Crippen molar-refractivity contribution in [1.82, 2.24) is 0 Å². The highest BCUT2D eigenvalue weighted by Gasteiger charge is 2.11. The van der Waals surface area contributed by atoms with Gasteiger partial charge in [0.05, 0.1) is 4.83 Å². The molecule has 3 heteroatoms. The topological polar surface area (TPSA) is 29.1 Å². The highest BCUT2D eigenvalue weighted by atomic mass is 79.9. The summed E-state index contributed by atoms with van der Waals surface area (Å²) in [5.41, 5.74) is 2.03. The predicted molar refractivity (Wildman–Crippen MR) is 62.8 cm³/mol. The highest BCUT2D eigenvalue weighted by molar-refractivity contribution is 9.10. The van der Waals surface area contributed by atoms with Crippen LogP contribution in [-0.2, 0) is 4.79 Å². The van der Waals surface area contributed by atoms with Crippen LogP contribution in [-0.4, -0.2) is 10.7 Å². The van der Waals surface area contributed by atoms with Gasteiger partial charge in [-0.15, -0.1) is 0 Å². The lowest BCUT2D eigenvalue weighted by atomic mass is 10.2. The Kier molecular flexibility index (Phi) is 4.14. The van der Waals surface area contributed by atoms with E-state index >= 15 is 0 Å². The third-order valence-corrected chi connectivity index (χ3v) is 3.03. The molecule has 1 atom stereocenters. The Hall–Kier alpha value is -0.830. The summed E-state index contributed by atoms with van der Waals surface area (Å²) in [6.07, 6.45) is 0.789. The van der Waals surface area contributed by atoms with E-state index in [1.807, 2.05) is 38.1 Å². The molecule has 0 bridgehead atoms. The molecule has 0 aromatic heterocycles.